The molecule has 0 saturated carbocycles. The predicted octanol–water partition coefficient (Wildman–Crippen LogP) is 2.86. The highest BCUT2D eigenvalue weighted by atomic mass is 16.2. The third kappa shape index (κ3) is 4.42. The molecule has 0 spiro atoms. The van der Waals surface area contributed by atoms with Crippen LogP contribution in [0.5, 0.6) is 0 Å². The Balaban J connectivity index is 2.09. The van der Waals surface area contributed by atoms with Crippen molar-refractivity contribution in [2.75, 3.05) is 16.8 Å². The second-order valence-corrected chi connectivity index (χ2v) is 5.18. The molecule has 23 heavy (non-hydrogen) atoms. The van der Waals surface area contributed by atoms with E-state index in [1.807, 2.05) is 37.3 Å². The summed E-state index contributed by atoms with van der Waals surface area (Å²) in [7, 11) is 0. The summed E-state index contributed by atoms with van der Waals surface area (Å²) in [5.41, 5.74) is 2.87. The number of benzene rings is 2. The average Bonchev–Trinajstić information content (AvgIpc) is 2.55. The number of carbonyl (C=O) groups is 2. The van der Waals surface area contributed by atoms with Gasteiger partial charge in [-0.25, -0.2) is 0 Å². The minimum atomic E-state index is -0.284. The van der Waals surface area contributed by atoms with Crippen molar-refractivity contribution in [2.24, 2.45) is 0 Å². The SMILES string of the molecule is CC(=O)N(CC(=O)Nc1ccc(C)cc1)c1ccc(C#N)cc1. The second kappa shape index (κ2) is 7.23. The van der Waals surface area contributed by atoms with Gasteiger partial charge in [0.25, 0.3) is 0 Å². The molecule has 2 aromatic carbocycles. The molecule has 0 atom stereocenters. The van der Waals surface area contributed by atoms with E-state index in [9.17, 15) is 9.59 Å². The van der Waals surface area contributed by atoms with Crippen molar-refractivity contribution in [3.05, 3.63) is 59.7 Å². The quantitative estimate of drug-likeness (QED) is 0.944. The van der Waals surface area contributed by atoms with Crippen molar-refractivity contribution >= 4 is 23.2 Å². The molecule has 0 heterocycles. The van der Waals surface area contributed by atoms with Crippen molar-refractivity contribution < 1.29 is 9.59 Å². The van der Waals surface area contributed by atoms with Crippen LogP contribution in [0.15, 0.2) is 48.5 Å². The van der Waals surface area contributed by atoms with Gasteiger partial charge in [0.2, 0.25) is 11.8 Å². The Bertz CT molecular complexity index is 743. The Kier molecular flexibility index (Phi) is 5.11. The van der Waals surface area contributed by atoms with Crippen LogP contribution in [-0.4, -0.2) is 18.4 Å². The van der Waals surface area contributed by atoms with Crippen molar-refractivity contribution in [1.29, 1.82) is 5.26 Å². The first kappa shape index (κ1) is 16.2. The monoisotopic (exact) mass is 307 g/mol. The van der Waals surface area contributed by atoms with Gasteiger partial charge >= 0.3 is 0 Å². The molecular formula is C18H17N3O2. The molecule has 0 unspecified atom stereocenters. The molecule has 5 heteroatoms. The maximum atomic E-state index is 12.2. The zero-order valence-electron chi connectivity index (χ0n) is 13.0. The molecule has 0 radical (unpaired) electrons. The molecule has 116 valence electrons. The van der Waals surface area contributed by atoms with Gasteiger partial charge in [-0.1, -0.05) is 17.7 Å². The molecule has 2 aromatic rings. The lowest BCUT2D eigenvalue weighted by molar-refractivity contribution is -0.120. The fourth-order valence-electron chi connectivity index (χ4n) is 2.08. The number of carbonyl (C=O) groups excluding carboxylic acids is 2. The van der Waals surface area contributed by atoms with Crippen LogP contribution < -0.4 is 10.2 Å². The van der Waals surface area contributed by atoms with Gasteiger partial charge in [0.15, 0.2) is 0 Å². The van der Waals surface area contributed by atoms with Crippen LogP contribution in [0.4, 0.5) is 11.4 Å². The first-order chi connectivity index (χ1) is 11.0. The second-order valence-electron chi connectivity index (χ2n) is 5.18. The van der Waals surface area contributed by atoms with Crippen molar-refractivity contribution in [2.45, 2.75) is 13.8 Å². The van der Waals surface area contributed by atoms with E-state index >= 15 is 0 Å². The molecule has 0 bridgehead atoms. The summed E-state index contributed by atoms with van der Waals surface area (Å²) in [6.07, 6.45) is 0. The van der Waals surface area contributed by atoms with Crippen LogP contribution in [0.1, 0.15) is 18.1 Å². The summed E-state index contributed by atoms with van der Waals surface area (Å²) < 4.78 is 0. The molecule has 2 rings (SSSR count). The highest BCUT2D eigenvalue weighted by Gasteiger charge is 2.16. The van der Waals surface area contributed by atoms with Gasteiger partial charge in [0, 0.05) is 18.3 Å². The minimum absolute atomic E-state index is 0.0882. The molecule has 2 amide bonds. The van der Waals surface area contributed by atoms with E-state index in [2.05, 4.69) is 5.32 Å². The third-order valence-corrected chi connectivity index (χ3v) is 3.33. The Labute approximate surface area is 135 Å². The first-order valence-electron chi connectivity index (χ1n) is 7.14. The summed E-state index contributed by atoms with van der Waals surface area (Å²) in [4.78, 5) is 25.3. The summed E-state index contributed by atoms with van der Waals surface area (Å²) in [6, 6.07) is 16.0. The van der Waals surface area contributed by atoms with Gasteiger partial charge in [-0.15, -0.1) is 0 Å². The maximum Gasteiger partial charge on any atom is 0.244 e. The largest absolute Gasteiger partial charge is 0.325 e. The van der Waals surface area contributed by atoms with E-state index in [0.717, 1.165) is 5.56 Å². The number of anilines is 2. The highest BCUT2D eigenvalue weighted by molar-refractivity contribution is 6.01. The molecule has 0 aromatic heterocycles. The number of hydrogen-bond acceptors (Lipinski definition) is 3. The minimum Gasteiger partial charge on any atom is -0.325 e. The predicted molar refractivity (Wildman–Crippen MR) is 89.0 cm³/mol. The van der Waals surface area contributed by atoms with E-state index in [0.29, 0.717) is 16.9 Å². The van der Waals surface area contributed by atoms with E-state index in [1.54, 1.807) is 24.3 Å². The zero-order valence-corrected chi connectivity index (χ0v) is 13.0. The Morgan fingerprint density at radius 1 is 1.09 bits per heavy atom. The van der Waals surface area contributed by atoms with E-state index in [-0.39, 0.29) is 18.4 Å². The van der Waals surface area contributed by atoms with Crippen LogP contribution in [0.2, 0.25) is 0 Å². The van der Waals surface area contributed by atoms with Gasteiger partial charge < -0.3 is 10.2 Å². The normalized spacial score (nSPS) is 9.78. The van der Waals surface area contributed by atoms with Crippen molar-refractivity contribution in [3.63, 3.8) is 0 Å². The lowest BCUT2D eigenvalue weighted by Gasteiger charge is -2.20. The number of nitrogens with zero attached hydrogens (tertiary/aromatic N) is 2. The number of aryl methyl sites for hydroxylation is 1. The smallest absolute Gasteiger partial charge is 0.244 e. The summed E-state index contributed by atoms with van der Waals surface area (Å²) in [5.74, 6) is -0.526. The Morgan fingerprint density at radius 3 is 2.22 bits per heavy atom. The third-order valence-electron chi connectivity index (χ3n) is 3.33. The number of hydrogen-bond donors (Lipinski definition) is 1. The number of rotatable bonds is 4. The van der Waals surface area contributed by atoms with E-state index < -0.39 is 0 Å². The molecule has 0 aliphatic carbocycles. The van der Waals surface area contributed by atoms with Crippen LogP contribution in [0, 0.1) is 18.3 Å². The van der Waals surface area contributed by atoms with Crippen LogP contribution in [-0.2, 0) is 9.59 Å². The van der Waals surface area contributed by atoms with Crippen LogP contribution >= 0.6 is 0 Å². The first-order valence-corrected chi connectivity index (χ1v) is 7.14. The molecule has 5 nitrogen and oxygen atoms in total. The summed E-state index contributed by atoms with van der Waals surface area (Å²) in [5, 5.41) is 11.6. The van der Waals surface area contributed by atoms with Gasteiger partial charge in [-0.3, -0.25) is 9.59 Å². The zero-order chi connectivity index (χ0) is 16.8. The standard InChI is InChI=1S/C18H17N3O2/c1-13-3-7-16(8-4-13)20-18(23)12-21(14(2)22)17-9-5-15(11-19)6-10-17/h3-10H,12H2,1-2H3,(H,20,23). The summed E-state index contributed by atoms with van der Waals surface area (Å²) >= 11 is 0. The molecular weight excluding hydrogens is 290 g/mol. The summed E-state index contributed by atoms with van der Waals surface area (Å²) in [6.45, 7) is 3.28. The maximum absolute atomic E-state index is 12.2. The topological polar surface area (TPSA) is 73.2 Å². The molecule has 0 aliphatic heterocycles. The van der Waals surface area contributed by atoms with E-state index in [1.165, 1.54) is 11.8 Å². The molecule has 1 N–H and O–H groups in total. The van der Waals surface area contributed by atoms with Crippen molar-refractivity contribution in [3.8, 4) is 6.07 Å². The number of nitriles is 1. The highest BCUT2D eigenvalue weighted by Crippen LogP contribution is 2.16. The van der Waals surface area contributed by atoms with E-state index in [4.69, 9.17) is 5.26 Å². The van der Waals surface area contributed by atoms with Crippen LogP contribution in [0.25, 0.3) is 0 Å². The Morgan fingerprint density at radius 2 is 1.70 bits per heavy atom. The van der Waals surface area contributed by atoms with Crippen LogP contribution in [0.3, 0.4) is 0 Å². The lowest BCUT2D eigenvalue weighted by Crippen LogP contribution is -2.36. The molecule has 0 saturated heterocycles. The number of amides is 2. The van der Waals surface area contributed by atoms with Gasteiger partial charge in [0.1, 0.15) is 6.54 Å². The lowest BCUT2D eigenvalue weighted by atomic mass is 10.2. The number of nitrogens with one attached hydrogen (secondary N) is 1. The fourth-order valence-corrected chi connectivity index (χ4v) is 2.08. The van der Waals surface area contributed by atoms with Gasteiger partial charge in [-0.2, -0.15) is 5.26 Å². The fraction of sp³-hybridized carbons (Fsp3) is 0.167. The van der Waals surface area contributed by atoms with Gasteiger partial charge in [-0.05, 0) is 43.3 Å². The Hall–Kier alpha value is -3.13. The molecule has 0 fully saturated rings. The van der Waals surface area contributed by atoms with Crippen molar-refractivity contribution in [1.82, 2.24) is 0 Å². The van der Waals surface area contributed by atoms with Gasteiger partial charge in [0.05, 0.1) is 11.6 Å². The average molecular weight is 307 g/mol. The molecule has 0 aliphatic rings.